The van der Waals surface area contributed by atoms with Gasteiger partial charge in [-0.1, -0.05) is 0 Å². The molecule has 0 aliphatic carbocycles. The van der Waals surface area contributed by atoms with Crippen molar-refractivity contribution in [3.63, 3.8) is 0 Å². The van der Waals surface area contributed by atoms with Gasteiger partial charge in [0.25, 0.3) is 0 Å². The van der Waals surface area contributed by atoms with Gasteiger partial charge in [-0.15, -0.1) is 0 Å². The molecule has 0 saturated carbocycles. The zero-order valence-electron chi connectivity index (χ0n) is 10.3. The van der Waals surface area contributed by atoms with E-state index in [1.807, 2.05) is 0 Å². The van der Waals surface area contributed by atoms with Gasteiger partial charge in [0.2, 0.25) is 5.91 Å². The number of carbonyl (C=O) groups is 2. The molecule has 1 amide bonds. The van der Waals surface area contributed by atoms with Crippen molar-refractivity contribution in [3.8, 4) is 0 Å². The van der Waals surface area contributed by atoms with E-state index in [0.29, 0.717) is 18.9 Å². The number of likely N-dealkylation sites (tertiary alicyclic amines) is 1. The van der Waals surface area contributed by atoms with Gasteiger partial charge in [-0.3, -0.25) is 4.79 Å². The molecule has 0 bridgehead atoms. The molecule has 0 aromatic heterocycles. The van der Waals surface area contributed by atoms with Crippen molar-refractivity contribution < 1.29 is 14.3 Å². The van der Waals surface area contributed by atoms with Crippen molar-refractivity contribution in [2.75, 3.05) is 26.7 Å². The number of nitrogens with zero attached hydrogens (tertiary/aromatic N) is 1. The highest BCUT2D eigenvalue weighted by Crippen LogP contribution is 2.22. The van der Waals surface area contributed by atoms with Crippen LogP contribution in [0.15, 0.2) is 0 Å². The highest BCUT2D eigenvalue weighted by atomic mass is 16.5. The molecule has 2 atom stereocenters. The fourth-order valence-corrected chi connectivity index (χ4v) is 2.70. The van der Waals surface area contributed by atoms with Crippen LogP contribution in [0.3, 0.4) is 0 Å². The van der Waals surface area contributed by atoms with Gasteiger partial charge in [0.15, 0.2) is 0 Å². The predicted octanol–water partition coefficient (Wildman–Crippen LogP) is 0.150. The van der Waals surface area contributed by atoms with Crippen molar-refractivity contribution in [2.24, 2.45) is 5.92 Å². The second kappa shape index (κ2) is 5.49. The quantitative estimate of drug-likeness (QED) is 0.713. The smallest absolute Gasteiger partial charge is 0.328 e. The number of methoxy groups -OCH3 is 1. The predicted molar refractivity (Wildman–Crippen MR) is 62.3 cm³/mol. The van der Waals surface area contributed by atoms with Crippen LogP contribution in [0.1, 0.15) is 25.7 Å². The first kappa shape index (κ1) is 12.4. The van der Waals surface area contributed by atoms with Gasteiger partial charge in [-0.25, -0.2) is 4.79 Å². The summed E-state index contributed by atoms with van der Waals surface area (Å²) in [6, 6.07) is -0.345. The number of carbonyl (C=O) groups excluding carboxylic acids is 2. The Morgan fingerprint density at radius 2 is 2.24 bits per heavy atom. The Kier molecular flexibility index (Phi) is 3.99. The maximum absolute atomic E-state index is 12.1. The van der Waals surface area contributed by atoms with Crippen molar-refractivity contribution in [1.82, 2.24) is 10.2 Å². The Balaban J connectivity index is 1.90. The van der Waals surface area contributed by atoms with Crippen molar-refractivity contribution in [3.05, 3.63) is 0 Å². The van der Waals surface area contributed by atoms with Gasteiger partial charge in [0.1, 0.15) is 6.04 Å². The van der Waals surface area contributed by atoms with Crippen LogP contribution >= 0.6 is 0 Å². The van der Waals surface area contributed by atoms with Gasteiger partial charge in [0, 0.05) is 13.0 Å². The van der Waals surface area contributed by atoms with Crippen molar-refractivity contribution in [2.45, 2.75) is 31.7 Å². The maximum Gasteiger partial charge on any atom is 0.328 e. The summed E-state index contributed by atoms with van der Waals surface area (Å²) in [7, 11) is 1.38. The molecule has 2 aliphatic heterocycles. The lowest BCUT2D eigenvalue weighted by atomic mass is 10.0. The largest absolute Gasteiger partial charge is 0.467 e. The second-order valence-corrected chi connectivity index (χ2v) is 4.83. The fraction of sp³-hybridized carbons (Fsp3) is 0.833. The molecule has 5 heteroatoms. The molecule has 2 rings (SSSR count). The SMILES string of the molecule is COC(=O)C1CCCN1C(=O)CC1CCNC1. The van der Waals surface area contributed by atoms with Crippen molar-refractivity contribution >= 4 is 11.9 Å². The summed E-state index contributed by atoms with van der Waals surface area (Å²) in [5.74, 6) is 0.258. The molecule has 2 saturated heterocycles. The molecule has 0 radical (unpaired) electrons. The molecule has 0 spiro atoms. The van der Waals surface area contributed by atoms with Crippen molar-refractivity contribution in [1.29, 1.82) is 0 Å². The van der Waals surface area contributed by atoms with Crippen LogP contribution in [-0.4, -0.2) is 49.6 Å². The van der Waals surface area contributed by atoms with Crippen LogP contribution in [0, 0.1) is 5.92 Å². The molecule has 2 unspecified atom stereocenters. The lowest BCUT2D eigenvalue weighted by Gasteiger charge is -2.23. The number of hydrogen-bond donors (Lipinski definition) is 1. The summed E-state index contributed by atoms with van der Waals surface area (Å²) in [6.45, 7) is 2.61. The van der Waals surface area contributed by atoms with Crippen LogP contribution in [0.2, 0.25) is 0 Å². The molecule has 0 aromatic rings. The summed E-state index contributed by atoms with van der Waals surface area (Å²) in [6.07, 6.45) is 3.25. The number of nitrogens with one attached hydrogen (secondary N) is 1. The lowest BCUT2D eigenvalue weighted by Crippen LogP contribution is -2.41. The van der Waals surface area contributed by atoms with E-state index in [1.54, 1.807) is 4.90 Å². The van der Waals surface area contributed by atoms with Crippen LogP contribution in [-0.2, 0) is 14.3 Å². The third-order valence-corrected chi connectivity index (χ3v) is 3.67. The summed E-state index contributed by atoms with van der Waals surface area (Å²) in [5, 5.41) is 3.25. The van der Waals surface area contributed by atoms with E-state index in [9.17, 15) is 9.59 Å². The molecular formula is C12H20N2O3. The fourth-order valence-electron chi connectivity index (χ4n) is 2.70. The second-order valence-electron chi connectivity index (χ2n) is 4.83. The molecule has 1 N–H and O–H groups in total. The highest BCUT2D eigenvalue weighted by molar-refractivity contribution is 5.85. The van der Waals surface area contributed by atoms with Gasteiger partial charge in [-0.2, -0.15) is 0 Å². The van der Waals surface area contributed by atoms with Gasteiger partial charge in [0.05, 0.1) is 7.11 Å². The number of ether oxygens (including phenoxy) is 1. The standard InChI is InChI=1S/C12H20N2O3/c1-17-12(16)10-3-2-6-14(10)11(15)7-9-4-5-13-8-9/h9-10,13H,2-8H2,1H3. The van der Waals surface area contributed by atoms with Crippen LogP contribution in [0.5, 0.6) is 0 Å². The monoisotopic (exact) mass is 240 g/mol. The van der Waals surface area contributed by atoms with E-state index < -0.39 is 0 Å². The minimum Gasteiger partial charge on any atom is -0.467 e. The molecule has 0 aromatic carbocycles. The summed E-state index contributed by atoms with van der Waals surface area (Å²) >= 11 is 0. The topological polar surface area (TPSA) is 58.6 Å². The van der Waals surface area contributed by atoms with Crippen LogP contribution < -0.4 is 5.32 Å². The van der Waals surface area contributed by atoms with Gasteiger partial charge >= 0.3 is 5.97 Å². The van der Waals surface area contributed by atoms with Crippen LogP contribution in [0.25, 0.3) is 0 Å². The molecule has 2 fully saturated rings. The third kappa shape index (κ3) is 2.77. The minimum absolute atomic E-state index is 0.103. The van der Waals surface area contributed by atoms with E-state index in [1.165, 1.54) is 7.11 Å². The van der Waals surface area contributed by atoms with E-state index in [4.69, 9.17) is 4.74 Å². The normalized spacial score (nSPS) is 28.4. The minimum atomic E-state index is -0.345. The number of amides is 1. The Morgan fingerprint density at radius 1 is 1.41 bits per heavy atom. The zero-order valence-corrected chi connectivity index (χ0v) is 10.3. The molecule has 2 aliphatic rings. The molecule has 2 heterocycles. The third-order valence-electron chi connectivity index (χ3n) is 3.67. The molecule has 5 nitrogen and oxygen atoms in total. The first-order valence-electron chi connectivity index (χ1n) is 6.30. The summed E-state index contributed by atoms with van der Waals surface area (Å²) in [4.78, 5) is 25.4. The summed E-state index contributed by atoms with van der Waals surface area (Å²) in [5.41, 5.74) is 0. The van der Waals surface area contributed by atoms with Crippen LogP contribution in [0.4, 0.5) is 0 Å². The Hall–Kier alpha value is -1.10. The number of hydrogen-bond acceptors (Lipinski definition) is 4. The average molecular weight is 240 g/mol. The molecule has 96 valence electrons. The van der Waals surface area contributed by atoms with E-state index in [2.05, 4.69) is 5.32 Å². The van der Waals surface area contributed by atoms with E-state index >= 15 is 0 Å². The Labute approximate surface area is 101 Å². The molecular weight excluding hydrogens is 220 g/mol. The zero-order chi connectivity index (χ0) is 12.3. The van der Waals surface area contributed by atoms with Gasteiger partial charge < -0.3 is 15.0 Å². The first-order chi connectivity index (χ1) is 8.22. The number of rotatable bonds is 3. The van der Waals surface area contributed by atoms with E-state index in [-0.39, 0.29) is 17.9 Å². The first-order valence-corrected chi connectivity index (χ1v) is 6.30. The Bertz CT molecular complexity index is 300. The van der Waals surface area contributed by atoms with Gasteiger partial charge in [-0.05, 0) is 38.3 Å². The lowest BCUT2D eigenvalue weighted by molar-refractivity contribution is -0.151. The Morgan fingerprint density at radius 3 is 2.88 bits per heavy atom. The summed E-state index contributed by atoms with van der Waals surface area (Å²) < 4.78 is 4.74. The average Bonchev–Trinajstić information content (AvgIpc) is 2.97. The highest BCUT2D eigenvalue weighted by Gasteiger charge is 2.35. The number of esters is 1. The maximum atomic E-state index is 12.1. The molecule has 17 heavy (non-hydrogen) atoms. The van der Waals surface area contributed by atoms with E-state index in [0.717, 1.165) is 32.4 Å².